The average Bonchev–Trinajstić information content (AvgIpc) is 3.11. The predicted molar refractivity (Wildman–Crippen MR) is 87.8 cm³/mol. The van der Waals surface area contributed by atoms with Gasteiger partial charge in [-0.3, -0.25) is 10.1 Å². The van der Waals surface area contributed by atoms with Crippen LogP contribution in [0.15, 0.2) is 11.4 Å². The van der Waals surface area contributed by atoms with Crippen LogP contribution in [-0.4, -0.2) is 40.4 Å². The van der Waals surface area contributed by atoms with Crippen LogP contribution in [0.1, 0.15) is 16.9 Å². The number of fused-ring (bicyclic) bond motifs is 3. The van der Waals surface area contributed by atoms with Gasteiger partial charge in [-0.2, -0.15) is 13.2 Å². The minimum Gasteiger partial charge on any atom is -0.329 e. The predicted octanol–water partition coefficient (Wildman–Crippen LogP) is 2.66. The van der Waals surface area contributed by atoms with Crippen molar-refractivity contribution in [2.75, 3.05) is 12.3 Å². The Kier molecular flexibility index (Phi) is 5.13. The summed E-state index contributed by atoms with van der Waals surface area (Å²) in [5.74, 6) is -0.820. The van der Waals surface area contributed by atoms with Crippen LogP contribution >= 0.6 is 23.1 Å². The molecule has 0 aliphatic heterocycles. The van der Waals surface area contributed by atoms with E-state index in [1.54, 1.807) is 16.7 Å². The largest absolute Gasteiger partial charge is 0.405 e. The maximum atomic E-state index is 12.0. The molecule has 0 saturated heterocycles. The molecule has 2 heterocycles. The van der Waals surface area contributed by atoms with Gasteiger partial charge in [-0.1, -0.05) is 11.8 Å². The minimum atomic E-state index is -4.53. The fourth-order valence-corrected chi connectivity index (χ4v) is 4.65. The Balaban J connectivity index is 1.59. The number of hydrogen-bond donors (Lipinski definition) is 2. The van der Waals surface area contributed by atoms with Crippen molar-refractivity contribution in [2.24, 2.45) is 0 Å². The van der Waals surface area contributed by atoms with Gasteiger partial charge in [-0.15, -0.1) is 11.3 Å². The van der Waals surface area contributed by atoms with Crippen molar-refractivity contribution in [1.82, 2.24) is 20.6 Å². The highest BCUT2D eigenvalue weighted by Gasteiger charge is 2.28. The number of thioether (sulfide) groups is 1. The number of rotatable bonds is 4. The van der Waals surface area contributed by atoms with Crippen molar-refractivity contribution >= 4 is 45.3 Å². The standard InChI is InChI=1S/C14H13F3N4O2S2/c15-14(16,17)5-18-13(23)21-9(22)4-24-11-10-7-2-1-3-8(7)25-12(10)20-6-19-11/h6H,1-5H2,(H2,18,21,22,23). The van der Waals surface area contributed by atoms with E-state index in [4.69, 9.17) is 0 Å². The molecule has 1 aliphatic rings. The molecule has 1 aliphatic carbocycles. The summed E-state index contributed by atoms with van der Waals surface area (Å²) in [6.07, 6.45) is -0.0656. The van der Waals surface area contributed by atoms with Gasteiger partial charge in [0.15, 0.2) is 0 Å². The molecule has 3 amide bonds. The van der Waals surface area contributed by atoms with Crippen LogP contribution in [0.4, 0.5) is 18.0 Å². The van der Waals surface area contributed by atoms with E-state index in [2.05, 4.69) is 9.97 Å². The van der Waals surface area contributed by atoms with E-state index >= 15 is 0 Å². The van der Waals surface area contributed by atoms with Crippen LogP contribution in [0.3, 0.4) is 0 Å². The number of aromatic nitrogens is 2. The van der Waals surface area contributed by atoms with Gasteiger partial charge >= 0.3 is 12.2 Å². The monoisotopic (exact) mass is 390 g/mol. The first-order valence-corrected chi connectivity index (χ1v) is 9.16. The summed E-state index contributed by atoms with van der Waals surface area (Å²) < 4.78 is 36.0. The smallest absolute Gasteiger partial charge is 0.329 e. The van der Waals surface area contributed by atoms with Gasteiger partial charge in [0.25, 0.3) is 0 Å². The van der Waals surface area contributed by atoms with Gasteiger partial charge < -0.3 is 5.32 Å². The number of nitrogens with one attached hydrogen (secondary N) is 2. The Labute approximate surface area is 148 Å². The topological polar surface area (TPSA) is 84.0 Å². The molecule has 2 aromatic heterocycles. The number of urea groups is 1. The molecule has 3 rings (SSSR count). The summed E-state index contributed by atoms with van der Waals surface area (Å²) in [6, 6.07) is -1.17. The van der Waals surface area contributed by atoms with Crippen LogP contribution in [0.5, 0.6) is 0 Å². The molecular weight excluding hydrogens is 377 g/mol. The molecule has 25 heavy (non-hydrogen) atoms. The Morgan fingerprint density at radius 1 is 1.28 bits per heavy atom. The van der Waals surface area contributed by atoms with E-state index in [0.717, 1.165) is 41.2 Å². The van der Waals surface area contributed by atoms with E-state index in [1.807, 2.05) is 5.32 Å². The van der Waals surface area contributed by atoms with Gasteiger partial charge in [0.05, 0.1) is 5.75 Å². The van der Waals surface area contributed by atoms with Crippen molar-refractivity contribution < 1.29 is 22.8 Å². The molecule has 2 aromatic rings. The van der Waals surface area contributed by atoms with Gasteiger partial charge in [0.2, 0.25) is 5.91 Å². The normalized spacial score (nSPS) is 13.7. The molecule has 0 atom stereocenters. The van der Waals surface area contributed by atoms with Crippen LogP contribution in [0.25, 0.3) is 10.2 Å². The summed E-state index contributed by atoms with van der Waals surface area (Å²) in [4.78, 5) is 33.6. The fourth-order valence-electron chi connectivity index (χ4n) is 2.53. The maximum Gasteiger partial charge on any atom is 0.405 e. The lowest BCUT2D eigenvalue weighted by atomic mass is 10.2. The molecule has 0 fully saturated rings. The number of imide groups is 1. The van der Waals surface area contributed by atoms with Crippen molar-refractivity contribution in [3.8, 4) is 0 Å². The number of nitrogens with zero attached hydrogens (tertiary/aromatic N) is 2. The van der Waals surface area contributed by atoms with Crippen molar-refractivity contribution in [2.45, 2.75) is 30.5 Å². The third kappa shape index (κ3) is 4.40. The first-order chi connectivity index (χ1) is 11.8. The van der Waals surface area contributed by atoms with E-state index in [-0.39, 0.29) is 5.75 Å². The van der Waals surface area contributed by atoms with Gasteiger partial charge in [-0.25, -0.2) is 14.8 Å². The Morgan fingerprint density at radius 2 is 2.08 bits per heavy atom. The number of alkyl halides is 3. The number of carbonyl (C=O) groups excluding carboxylic acids is 2. The second-order valence-corrected chi connectivity index (χ2v) is 7.40. The summed E-state index contributed by atoms with van der Waals surface area (Å²) in [5.41, 5.74) is 1.21. The molecule has 0 radical (unpaired) electrons. The van der Waals surface area contributed by atoms with Gasteiger partial charge in [0, 0.05) is 10.3 Å². The second kappa shape index (κ2) is 7.16. The second-order valence-electron chi connectivity index (χ2n) is 5.35. The molecule has 0 unspecified atom stereocenters. The summed E-state index contributed by atoms with van der Waals surface area (Å²) in [7, 11) is 0. The van der Waals surface area contributed by atoms with E-state index in [0.29, 0.717) is 5.03 Å². The van der Waals surface area contributed by atoms with Gasteiger partial charge in [0.1, 0.15) is 22.7 Å². The molecule has 0 aromatic carbocycles. The number of hydrogen-bond acceptors (Lipinski definition) is 6. The minimum absolute atomic E-state index is 0.129. The third-order valence-electron chi connectivity index (χ3n) is 3.51. The Bertz CT molecular complexity index is 822. The van der Waals surface area contributed by atoms with Crippen LogP contribution in [0, 0.1) is 0 Å². The lowest BCUT2D eigenvalue weighted by molar-refractivity contribution is -0.124. The highest BCUT2D eigenvalue weighted by Crippen LogP contribution is 2.39. The lowest BCUT2D eigenvalue weighted by Crippen LogP contribution is -2.43. The number of thiophene rings is 1. The summed E-state index contributed by atoms with van der Waals surface area (Å²) in [5, 5.41) is 5.04. The highest BCUT2D eigenvalue weighted by molar-refractivity contribution is 8.00. The lowest BCUT2D eigenvalue weighted by Gasteiger charge is -2.09. The first-order valence-electron chi connectivity index (χ1n) is 7.36. The summed E-state index contributed by atoms with van der Waals surface area (Å²) >= 11 is 2.75. The fraction of sp³-hybridized carbons (Fsp3) is 0.429. The first kappa shape index (κ1) is 17.9. The van der Waals surface area contributed by atoms with Crippen molar-refractivity contribution in [3.63, 3.8) is 0 Å². The Morgan fingerprint density at radius 3 is 2.84 bits per heavy atom. The quantitative estimate of drug-likeness (QED) is 0.619. The molecule has 0 bridgehead atoms. The van der Waals surface area contributed by atoms with Crippen molar-refractivity contribution in [3.05, 3.63) is 16.8 Å². The van der Waals surface area contributed by atoms with Gasteiger partial charge in [-0.05, 0) is 24.8 Å². The molecule has 0 saturated carbocycles. The zero-order valence-corrected chi connectivity index (χ0v) is 14.4. The van der Waals surface area contributed by atoms with E-state index in [1.165, 1.54) is 16.8 Å². The maximum absolute atomic E-state index is 12.0. The number of amides is 3. The SMILES string of the molecule is O=C(CSc1ncnc2sc3c(c12)CCC3)NC(=O)NCC(F)(F)F. The van der Waals surface area contributed by atoms with Crippen LogP contribution < -0.4 is 10.6 Å². The molecular formula is C14H13F3N4O2S2. The van der Waals surface area contributed by atoms with Crippen molar-refractivity contribution in [1.29, 1.82) is 0 Å². The zero-order chi connectivity index (χ0) is 18.0. The molecule has 0 spiro atoms. The molecule has 6 nitrogen and oxygen atoms in total. The van der Waals surface area contributed by atoms with E-state index in [9.17, 15) is 22.8 Å². The molecule has 134 valence electrons. The van der Waals surface area contributed by atoms with Crippen LogP contribution in [-0.2, 0) is 17.6 Å². The van der Waals surface area contributed by atoms with Crippen LogP contribution in [0.2, 0.25) is 0 Å². The highest BCUT2D eigenvalue weighted by atomic mass is 32.2. The number of aryl methyl sites for hydroxylation is 2. The number of halogens is 3. The Hall–Kier alpha value is -1.88. The van der Waals surface area contributed by atoms with E-state index < -0.39 is 24.7 Å². The molecule has 11 heteroatoms. The molecule has 2 N–H and O–H groups in total. The third-order valence-corrected chi connectivity index (χ3v) is 5.70. The number of carbonyl (C=O) groups is 2. The zero-order valence-electron chi connectivity index (χ0n) is 12.8. The average molecular weight is 390 g/mol. The summed E-state index contributed by atoms with van der Waals surface area (Å²) in [6.45, 7) is -1.49.